The predicted octanol–water partition coefficient (Wildman–Crippen LogP) is 5.62. The lowest BCUT2D eigenvalue weighted by molar-refractivity contribution is -0.139. The van der Waals surface area contributed by atoms with Crippen LogP contribution in [0.1, 0.15) is 39.9 Å². The average molecular weight is 580 g/mol. The van der Waals surface area contributed by atoms with Gasteiger partial charge in [-0.2, -0.15) is 31.6 Å². The molecule has 0 heterocycles. The number of nitriles is 1. The standard InChI is InChI=1S/C23H17BrF7N3O2/c1-12(20(35)33-11-22(26,27)28)34-21(36)16-5-2-13(8-18(16)24)3-6-17(23(29,30)31)14-4-7-19(25)15(9-14)10-32/h2-9,12,17H,11H2,1H3,(H,33,35)(H,34,36). The molecule has 0 saturated carbocycles. The molecule has 2 rings (SSSR count). The average Bonchev–Trinajstić information content (AvgIpc) is 2.77. The second-order valence-corrected chi connectivity index (χ2v) is 8.35. The van der Waals surface area contributed by atoms with Gasteiger partial charge in [0.1, 0.15) is 24.5 Å². The van der Waals surface area contributed by atoms with Crippen LogP contribution >= 0.6 is 15.9 Å². The van der Waals surface area contributed by atoms with E-state index in [-0.39, 0.29) is 21.2 Å². The van der Waals surface area contributed by atoms with Gasteiger partial charge >= 0.3 is 12.4 Å². The normalized spacial score (nSPS) is 13.7. The van der Waals surface area contributed by atoms with E-state index in [1.807, 2.05) is 0 Å². The maximum atomic E-state index is 13.6. The van der Waals surface area contributed by atoms with Gasteiger partial charge in [0.2, 0.25) is 5.91 Å². The third-order valence-corrected chi connectivity index (χ3v) is 5.40. The van der Waals surface area contributed by atoms with Gasteiger partial charge in [0.25, 0.3) is 5.91 Å². The first-order chi connectivity index (χ1) is 16.6. The van der Waals surface area contributed by atoms with Crippen LogP contribution < -0.4 is 10.6 Å². The Labute approximate surface area is 209 Å². The van der Waals surface area contributed by atoms with Crippen molar-refractivity contribution in [1.82, 2.24) is 10.6 Å². The van der Waals surface area contributed by atoms with Gasteiger partial charge in [-0.05, 0) is 58.2 Å². The third-order valence-electron chi connectivity index (χ3n) is 4.75. The van der Waals surface area contributed by atoms with Crippen LogP contribution in [0, 0.1) is 17.1 Å². The Morgan fingerprint density at radius 2 is 1.78 bits per heavy atom. The second kappa shape index (κ2) is 11.6. The quantitative estimate of drug-likeness (QED) is 0.418. The van der Waals surface area contributed by atoms with Crippen LogP contribution in [0.5, 0.6) is 0 Å². The molecule has 0 spiro atoms. The van der Waals surface area contributed by atoms with Crippen molar-refractivity contribution in [2.75, 3.05) is 6.54 Å². The van der Waals surface area contributed by atoms with E-state index in [1.165, 1.54) is 31.2 Å². The molecule has 2 amide bonds. The molecule has 192 valence electrons. The number of allylic oxidation sites excluding steroid dienone is 1. The van der Waals surface area contributed by atoms with E-state index < -0.39 is 54.1 Å². The molecule has 0 aliphatic rings. The number of carbonyl (C=O) groups is 2. The molecule has 2 aromatic rings. The van der Waals surface area contributed by atoms with E-state index >= 15 is 0 Å². The minimum Gasteiger partial charge on any atom is -0.345 e. The lowest BCUT2D eigenvalue weighted by Gasteiger charge is -2.18. The molecule has 5 nitrogen and oxygen atoms in total. The van der Waals surface area contributed by atoms with E-state index in [0.717, 1.165) is 30.4 Å². The zero-order chi connectivity index (χ0) is 27.3. The first-order valence-corrected chi connectivity index (χ1v) is 10.8. The summed E-state index contributed by atoms with van der Waals surface area (Å²) in [4.78, 5) is 24.1. The molecule has 36 heavy (non-hydrogen) atoms. The van der Waals surface area contributed by atoms with Crippen LogP contribution in [0.3, 0.4) is 0 Å². The summed E-state index contributed by atoms with van der Waals surface area (Å²) < 4.78 is 91.2. The highest BCUT2D eigenvalue weighted by Gasteiger charge is 2.39. The molecule has 0 fully saturated rings. The lowest BCUT2D eigenvalue weighted by atomic mass is 9.95. The van der Waals surface area contributed by atoms with E-state index in [0.29, 0.717) is 0 Å². The van der Waals surface area contributed by atoms with Gasteiger partial charge in [-0.1, -0.05) is 24.3 Å². The van der Waals surface area contributed by atoms with Gasteiger partial charge in [0, 0.05) is 4.47 Å². The van der Waals surface area contributed by atoms with Crippen LogP contribution in [0.25, 0.3) is 6.08 Å². The fraction of sp³-hybridized carbons (Fsp3) is 0.261. The zero-order valence-corrected chi connectivity index (χ0v) is 19.9. The van der Waals surface area contributed by atoms with E-state index in [2.05, 4.69) is 21.2 Å². The number of hydrogen-bond acceptors (Lipinski definition) is 3. The third kappa shape index (κ3) is 8.08. The highest BCUT2D eigenvalue weighted by atomic mass is 79.9. The summed E-state index contributed by atoms with van der Waals surface area (Å²) in [6.07, 6.45) is -7.44. The Kier molecular flexibility index (Phi) is 9.26. The maximum absolute atomic E-state index is 13.6. The van der Waals surface area contributed by atoms with Gasteiger partial charge in [-0.25, -0.2) is 4.39 Å². The first-order valence-electron chi connectivity index (χ1n) is 10.0. The van der Waals surface area contributed by atoms with E-state index in [9.17, 15) is 40.3 Å². The molecule has 2 atom stereocenters. The number of hydrogen-bond donors (Lipinski definition) is 2. The number of nitrogens with zero attached hydrogens (tertiary/aromatic N) is 1. The van der Waals surface area contributed by atoms with Crippen LogP contribution in [-0.4, -0.2) is 36.8 Å². The van der Waals surface area contributed by atoms with Crippen molar-refractivity contribution in [3.8, 4) is 6.07 Å². The predicted molar refractivity (Wildman–Crippen MR) is 119 cm³/mol. The number of nitrogens with one attached hydrogen (secondary N) is 2. The molecule has 13 heteroatoms. The summed E-state index contributed by atoms with van der Waals surface area (Å²) in [5.41, 5.74) is -0.655. The molecule has 2 aromatic carbocycles. The Morgan fingerprint density at radius 1 is 1.11 bits per heavy atom. The maximum Gasteiger partial charge on any atom is 0.405 e. The molecule has 0 aliphatic carbocycles. The molecule has 0 aliphatic heterocycles. The topological polar surface area (TPSA) is 82.0 Å². The molecule has 0 saturated heterocycles. The fourth-order valence-corrected chi connectivity index (χ4v) is 3.51. The monoisotopic (exact) mass is 579 g/mol. The molecular weight excluding hydrogens is 563 g/mol. The second-order valence-electron chi connectivity index (χ2n) is 7.50. The fourth-order valence-electron chi connectivity index (χ4n) is 2.94. The summed E-state index contributed by atoms with van der Waals surface area (Å²) in [7, 11) is 0. The minimum absolute atomic E-state index is 0.0211. The molecule has 2 N–H and O–H groups in total. The van der Waals surface area contributed by atoms with Crippen molar-refractivity contribution in [2.45, 2.75) is 31.2 Å². The summed E-state index contributed by atoms with van der Waals surface area (Å²) in [6.45, 7) is -0.384. The van der Waals surface area contributed by atoms with Crippen LogP contribution in [0.2, 0.25) is 0 Å². The highest BCUT2D eigenvalue weighted by molar-refractivity contribution is 9.10. The number of amides is 2. The largest absolute Gasteiger partial charge is 0.405 e. The van der Waals surface area contributed by atoms with Crippen molar-refractivity contribution in [3.63, 3.8) is 0 Å². The number of rotatable bonds is 7. The van der Waals surface area contributed by atoms with Crippen molar-refractivity contribution < 1.29 is 40.3 Å². The van der Waals surface area contributed by atoms with Crippen molar-refractivity contribution in [2.24, 2.45) is 0 Å². The van der Waals surface area contributed by atoms with Crippen molar-refractivity contribution in [1.29, 1.82) is 5.26 Å². The SMILES string of the molecule is CC(NC(=O)c1ccc(C=CC(c2ccc(F)c(C#N)c2)C(F)(F)F)cc1Br)C(=O)NCC(F)(F)F. The first kappa shape index (κ1) is 28.8. The van der Waals surface area contributed by atoms with Crippen LogP contribution in [-0.2, 0) is 4.79 Å². The number of halogens is 8. The molecule has 0 bridgehead atoms. The minimum atomic E-state index is -4.75. The molecule has 0 aromatic heterocycles. The van der Waals surface area contributed by atoms with Gasteiger partial charge in [0.15, 0.2) is 0 Å². The van der Waals surface area contributed by atoms with Crippen molar-refractivity contribution >= 4 is 33.8 Å². The summed E-state index contributed by atoms with van der Waals surface area (Å²) in [5, 5.41) is 12.7. The highest BCUT2D eigenvalue weighted by Crippen LogP contribution is 2.37. The Morgan fingerprint density at radius 3 is 2.33 bits per heavy atom. The van der Waals surface area contributed by atoms with Gasteiger partial charge in [-0.3, -0.25) is 9.59 Å². The summed E-state index contributed by atoms with van der Waals surface area (Å²) in [6, 6.07) is 6.57. The Bertz CT molecular complexity index is 1200. The van der Waals surface area contributed by atoms with Crippen LogP contribution in [0.15, 0.2) is 46.9 Å². The number of benzene rings is 2. The van der Waals surface area contributed by atoms with Crippen LogP contribution in [0.4, 0.5) is 30.7 Å². The zero-order valence-electron chi connectivity index (χ0n) is 18.3. The molecule has 0 radical (unpaired) electrons. The molecule has 2 unspecified atom stereocenters. The smallest absolute Gasteiger partial charge is 0.345 e. The van der Waals surface area contributed by atoms with Gasteiger partial charge in [-0.15, -0.1) is 0 Å². The Hall–Kier alpha value is -3.40. The van der Waals surface area contributed by atoms with Gasteiger partial charge < -0.3 is 10.6 Å². The Balaban J connectivity index is 2.18. The molecular formula is C23H17BrF7N3O2. The van der Waals surface area contributed by atoms with E-state index in [4.69, 9.17) is 5.26 Å². The van der Waals surface area contributed by atoms with Crippen molar-refractivity contribution in [3.05, 3.63) is 75.0 Å². The number of carbonyl (C=O) groups excluding carboxylic acids is 2. The lowest BCUT2D eigenvalue weighted by Crippen LogP contribution is -2.47. The summed E-state index contributed by atoms with van der Waals surface area (Å²) in [5.74, 6) is -4.97. The van der Waals surface area contributed by atoms with E-state index in [1.54, 1.807) is 5.32 Å². The number of alkyl halides is 6. The van der Waals surface area contributed by atoms with Gasteiger partial charge in [0.05, 0.1) is 17.0 Å². The summed E-state index contributed by atoms with van der Waals surface area (Å²) >= 11 is 3.11.